The molecule has 0 amide bonds. The highest BCUT2D eigenvalue weighted by molar-refractivity contribution is 5.62. The van der Waals surface area contributed by atoms with Gasteiger partial charge in [0.1, 0.15) is 5.65 Å². The highest BCUT2D eigenvalue weighted by atomic mass is 15.3. The van der Waals surface area contributed by atoms with Crippen LogP contribution in [0.4, 0.5) is 0 Å². The van der Waals surface area contributed by atoms with Crippen molar-refractivity contribution in [3.8, 4) is 17.1 Å². The van der Waals surface area contributed by atoms with Crippen molar-refractivity contribution in [1.82, 2.24) is 24.1 Å². The number of imidazole rings is 1. The van der Waals surface area contributed by atoms with E-state index < -0.39 is 0 Å². The summed E-state index contributed by atoms with van der Waals surface area (Å²) in [4.78, 5) is 8.80. The number of hydrogen-bond acceptors (Lipinski definition) is 3. The van der Waals surface area contributed by atoms with Gasteiger partial charge in [-0.1, -0.05) is 6.07 Å². The van der Waals surface area contributed by atoms with Crippen molar-refractivity contribution in [2.45, 2.75) is 6.92 Å². The molecule has 0 aliphatic carbocycles. The zero-order valence-corrected chi connectivity index (χ0v) is 11.5. The minimum Gasteiger partial charge on any atom is -0.306 e. The topological polar surface area (TPSA) is 48.0 Å². The predicted octanol–water partition coefficient (Wildman–Crippen LogP) is 2.89. The van der Waals surface area contributed by atoms with E-state index in [1.165, 1.54) is 0 Å². The van der Waals surface area contributed by atoms with E-state index in [2.05, 4.69) is 15.1 Å². The molecule has 21 heavy (non-hydrogen) atoms. The van der Waals surface area contributed by atoms with Gasteiger partial charge < -0.3 is 4.40 Å². The van der Waals surface area contributed by atoms with Gasteiger partial charge in [0.2, 0.25) is 0 Å². The molecule has 0 saturated heterocycles. The maximum absolute atomic E-state index is 4.54. The molecule has 4 rings (SSSR count). The van der Waals surface area contributed by atoms with Gasteiger partial charge in [-0.2, -0.15) is 5.10 Å². The average Bonchev–Trinajstić information content (AvgIpc) is 3.15. The van der Waals surface area contributed by atoms with Crippen molar-refractivity contribution in [3.63, 3.8) is 0 Å². The van der Waals surface area contributed by atoms with Crippen LogP contribution in [0.1, 0.15) is 5.69 Å². The SMILES string of the molecule is Cc1cccc(-n2nccc2-c2ccc3nccn3c2)n1. The molecule has 0 aliphatic heterocycles. The Morgan fingerprint density at radius 2 is 1.95 bits per heavy atom. The largest absolute Gasteiger partial charge is 0.306 e. The Labute approximate surface area is 121 Å². The van der Waals surface area contributed by atoms with Crippen molar-refractivity contribution in [2.24, 2.45) is 0 Å². The second-order valence-electron chi connectivity index (χ2n) is 4.88. The van der Waals surface area contributed by atoms with Gasteiger partial charge in [0.15, 0.2) is 5.82 Å². The lowest BCUT2D eigenvalue weighted by atomic mass is 10.2. The fraction of sp³-hybridized carbons (Fsp3) is 0.0625. The van der Waals surface area contributed by atoms with Gasteiger partial charge >= 0.3 is 0 Å². The van der Waals surface area contributed by atoms with Crippen LogP contribution in [0.5, 0.6) is 0 Å². The van der Waals surface area contributed by atoms with E-state index in [1.54, 1.807) is 12.4 Å². The van der Waals surface area contributed by atoms with Crippen LogP contribution >= 0.6 is 0 Å². The number of pyridine rings is 2. The molecule has 5 heteroatoms. The van der Waals surface area contributed by atoms with Gasteiger partial charge in [-0.15, -0.1) is 0 Å². The van der Waals surface area contributed by atoms with Crippen LogP contribution in [0.2, 0.25) is 0 Å². The molecule has 4 aromatic heterocycles. The number of nitrogens with zero attached hydrogens (tertiary/aromatic N) is 5. The Morgan fingerprint density at radius 3 is 2.86 bits per heavy atom. The van der Waals surface area contributed by atoms with E-state index >= 15 is 0 Å². The molecule has 0 radical (unpaired) electrons. The third-order valence-electron chi connectivity index (χ3n) is 3.42. The molecule has 0 bridgehead atoms. The van der Waals surface area contributed by atoms with E-state index in [-0.39, 0.29) is 0 Å². The van der Waals surface area contributed by atoms with E-state index in [0.717, 1.165) is 28.4 Å². The van der Waals surface area contributed by atoms with Crippen molar-refractivity contribution in [2.75, 3.05) is 0 Å². The van der Waals surface area contributed by atoms with Gasteiger partial charge in [0, 0.05) is 29.8 Å². The maximum atomic E-state index is 4.54. The van der Waals surface area contributed by atoms with Crippen LogP contribution in [0.15, 0.2) is 61.2 Å². The molecule has 0 saturated carbocycles. The molecular formula is C16H13N5. The molecule has 5 nitrogen and oxygen atoms in total. The van der Waals surface area contributed by atoms with Crippen LogP contribution < -0.4 is 0 Å². The zero-order valence-electron chi connectivity index (χ0n) is 11.5. The van der Waals surface area contributed by atoms with Crippen LogP contribution in [-0.4, -0.2) is 24.1 Å². The maximum Gasteiger partial charge on any atom is 0.154 e. The Morgan fingerprint density at radius 1 is 1.00 bits per heavy atom. The van der Waals surface area contributed by atoms with Gasteiger partial charge in [0.05, 0.1) is 11.9 Å². The molecule has 0 aromatic carbocycles. The first kappa shape index (κ1) is 11.8. The molecule has 0 spiro atoms. The van der Waals surface area contributed by atoms with Crippen molar-refractivity contribution < 1.29 is 0 Å². The van der Waals surface area contributed by atoms with Gasteiger partial charge in [-0.3, -0.25) is 0 Å². The van der Waals surface area contributed by atoms with Crippen LogP contribution in [-0.2, 0) is 0 Å². The summed E-state index contributed by atoms with van der Waals surface area (Å²) in [6.07, 6.45) is 7.56. The van der Waals surface area contributed by atoms with Crippen molar-refractivity contribution in [3.05, 3.63) is 66.9 Å². The summed E-state index contributed by atoms with van der Waals surface area (Å²) >= 11 is 0. The summed E-state index contributed by atoms with van der Waals surface area (Å²) in [5.41, 5.74) is 3.97. The molecule has 102 valence electrons. The smallest absolute Gasteiger partial charge is 0.154 e. The van der Waals surface area contributed by atoms with Gasteiger partial charge in [-0.25, -0.2) is 14.6 Å². The summed E-state index contributed by atoms with van der Waals surface area (Å²) in [6, 6.07) is 12.0. The molecule has 4 aromatic rings. The second-order valence-corrected chi connectivity index (χ2v) is 4.88. The number of fused-ring (bicyclic) bond motifs is 1. The lowest BCUT2D eigenvalue weighted by molar-refractivity contribution is 0.847. The van der Waals surface area contributed by atoms with E-state index in [4.69, 9.17) is 0 Å². The van der Waals surface area contributed by atoms with E-state index in [0.29, 0.717) is 0 Å². The summed E-state index contributed by atoms with van der Waals surface area (Å²) < 4.78 is 3.85. The number of rotatable bonds is 2. The minimum absolute atomic E-state index is 0.820. The quantitative estimate of drug-likeness (QED) is 0.565. The van der Waals surface area contributed by atoms with Crippen molar-refractivity contribution >= 4 is 5.65 Å². The van der Waals surface area contributed by atoms with Gasteiger partial charge in [-0.05, 0) is 37.3 Å². The van der Waals surface area contributed by atoms with Crippen LogP contribution in [0.25, 0.3) is 22.7 Å². The lowest BCUT2D eigenvalue weighted by Crippen LogP contribution is -2.02. The normalized spacial score (nSPS) is 11.1. The standard InChI is InChI=1S/C16H13N5/c1-12-3-2-4-16(19-12)21-14(7-8-18-21)13-5-6-15-17-9-10-20(15)11-13/h2-11H,1H3. The highest BCUT2D eigenvalue weighted by Crippen LogP contribution is 2.22. The van der Waals surface area contributed by atoms with Gasteiger partial charge in [0.25, 0.3) is 0 Å². The zero-order chi connectivity index (χ0) is 14.2. The number of aromatic nitrogens is 5. The molecule has 0 fully saturated rings. The highest BCUT2D eigenvalue weighted by Gasteiger charge is 2.09. The second kappa shape index (κ2) is 4.56. The summed E-state index contributed by atoms with van der Waals surface area (Å²) in [5, 5.41) is 4.40. The molecule has 0 N–H and O–H groups in total. The van der Waals surface area contributed by atoms with Crippen molar-refractivity contribution in [1.29, 1.82) is 0 Å². The number of aryl methyl sites for hydroxylation is 1. The first-order valence-electron chi connectivity index (χ1n) is 6.72. The van der Waals surface area contributed by atoms with Crippen LogP contribution in [0, 0.1) is 6.92 Å². The van der Waals surface area contributed by atoms with E-state index in [1.807, 2.05) is 64.8 Å². The Hall–Kier alpha value is -2.95. The third kappa shape index (κ3) is 1.99. The fourth-order valence-electron chi connectivity index (χ4n) is 2.42. The molecule has 0 unspecified atom stereocenters. The number of hydrogen-bond donors (Lipinski definition) is 0. The molecule has 0 aliphatic rings. The molecule has 0 atom stereocenters. The monoisotopic (exact) mass is 275 g/mol. The lowest BCUT2D eigenvalue weighted by Gasteiger charge is -2.08. The Balaban J connectivity index is 1.88. The average molecular weight is 275 g/mol. The molecular weight excluding hydrogens is 262 g/mol. The first-order valence-corrected chi connectivity index (χ1v) is 6.72. The first-order chi connectivity index (χ1) is 10.3. The Kier molecular flexibility index (Phi) is 2.57. The predicted molar refractivity (Wildman–Crippen MR) is 80.3 cm³/mol. The summed E-state index contributed by atoms with van der Waals surface area (Å²) in [7, 11) is 0. The van der Waals surface area contributed by atoms with Crippen LogP contribution in [0.3, 0.4) is 0 Å². The summed E-state index contributed by atoms with van der Waals surface area (Å²) in [6.45, 7) is 1.98. The fourth-order valence-corrected chi connectivity index (χ4v) is 2.42. The summed E-state index contributed by atoms with van der Waals surface area (Å²) in [5.74, 6) is 0.820. The Bertz CT molecular complexity index is 919. The van der Waals surface area contributed by atoms with E-state index in [9.17, 15) is 0 Å². The molecule has 4 heterocycles. The minimum atomic E-state index is 0.820. The third-order valence-corrected chi connectivity index (χ3v) is 3.42.